The molecule has 0 spiro atoms. The second kappa shape index (κ2) is 6.68. The molecular weight excluding hydrogens is 348 g/mol. The molecule has 1 atom stereocenters. The monoisotopic (exact) mass is 370 g/mol. The van der Waals surface area contributed by atoms with Gasteiger partial charge in [-0.1, -0.05) is 12.1 Å². The minimum absolute atomic E-state index is 0.0145. The Kier molecular flexibility index (Phi) is 4.36. The molecule has 0 radical (unpaired) electrons. The number of benzene rings is 1. The number of anilines is 1. The van der Waals surface area contributed by atoms with Crippen molar-refractivity contribution in [1.29, 1.82) is 0 Å². The number of likely N-dealkylation sites (tertiary alicyclic amines) is 1. The SMILES string of the molecule is Cc1nc(NC(=O)N2CCC[C@@H]2c2nc3ccccc3s2)nn1C(C)C. The number of urea groups is 1. The van der Waals surface area contributed by atoms with E-state index in [0.29, 0.717) is 5.95 Å². The van der Waals surface area contributed by atoms with Crippen LogP contribution in [0.1, 0.15) is 49.6 Å². The third-order valence-corrected chi connectivity index (χ3v) is 5.76. The van der Waals surface area contributed by atoms with Crippen molar-refractivity contribution in [1.82, 2.24) is 24.6 Å². The third-order valence-electron chi connectivity index (χ3n) is 4.62. The molecule has 1 aliphatic rings. The molecule has 4 rings (SSSR count). The van der Waals surface area contributed by atoms with Crippen LogP contribution in [0.15, 0.2) is 24.3 Å². The lowest BCUT2D eigenvalue weighted by Crippen LogP contribution is -2.34. The Morgan fingerprint density at radius 3 is 2.85 bits per heavy atom. The van der Waals surface area contributed by atoms with Crippen molar-refractivity contribution in [2.24, 2.45) is 0 Å². The predicted molar refractivity (Wildman–Crippen MR) is 102 cm³/mol. The highest BCUT2D eigenvalue weighted by atomic mass is 32.1. The molecule has 1 aliphatic heterocycles. The van der Waals surface area contributed by atoms with Crippen molar-refractivity contribution in [3.8, 4) is 0 Å². The van der Waals surface area contributed by atoms with Gasteiger partial charge >= 0.3 is 6.03 Å². The minimum atomic E-state index is -0.160. The van der Waals surface area contributed by atoms with E-state index in [0.717, 1.165) is 40.4 Å². The molecular formula is C18H22N6OS. The molecule has 3 heterocycles. The van der Waals surface area contributed by atoms with E-state index in [2.05, 4.69) is 21.5 Å². The number of hydrogen-bond donors (Lipinski definition) is 1. The number of rotatable bonds is 3. The zero-order chi connectivity index (χ0) is 18.3. The maximum atomic E-state index is 12.8. The summed E-state index contributed by atoms with van der Waals surface area (Å²) in [7, 11) is 0. The van der Waals surface area contributed by atoms with E-state index in [4.69, 9.17) is 4.98 Å². The molecule has 1 fully saturated rings. The number of aryl methyl sites for hydroxylation is 1. The number of nitrogens with one attached hydrogen (secondary N) is 1. The third kappa shape index (κ3) is 3.05. The van der Waals surface area contributed by atoms with Crippen LogP contribution < -0.4 is 5.32 Å². The predicted octanol–water partition coefficient (Wildman–Crippen LogP) is 4.15. The van der Waals surface area contributed by atoms with Crippen LogP contribution in [-0.2, 0) is 0 Å². The molecule has 136 valence electrons. The van der Waals surface area contributed by atoms with Gasteiger partial charge in [-0.25, -0.2) is 14.5 Å². The van der Waals surface area contributed by atoms with E-state index in [1.807, 2.05) is 48.6 Å². The Balaban J connectivity index is 1.54. The van der Waals surface area contributed by atoms with E-state index in [1.165, 1.54) is 0 Å². The number of nitrogens with zero attached hydrogens (tertiary/aromatic N) is 5. The van der Waals surface area contributed by atoms with Crippen molar-refractivity contribution >= 4 is 33.5 Å². The lowest BCUT2D eigenvalue weighted by Gasteiger charge is -2.22. The standard InChI is InChI=1S/C18H22N6OS/c1-11(2)24-12(3)19-17(22-24)21-18(25)23-10-6-8-14(23)16-20-13-7-4-5-9-15(13)26-16/h4-5,7,9,11,14H,6,8,10H2,1-3H3,(H,21,22,25)/t14-/m1/s1. The van der Waals surface area contributed by atoms with Gasteiger partial charge in [-0.15, -0.1) is 16.4 Å². The number of carbonyl (C=O) groups is 1. The van der Waals surface area contributed by atoms with E-state index < -0.39 is 0 Å². The number of carbonyl (C=O) groups excluding carboxylic acids is 1. The summed E-state index contributed by atoms with van der Waals surface area (Å²) in [6.07, 6.45) is 1.90. The number of fused-ring (bicyclic) bond motifs is 1. The molecule has 0 aliphatic carbocycles. The van der Waals surface area contributed by atoms with E-state index in [9.17, 15) is 4.79 Å². The maximum Gasteiger partial charge on any atom is 0.324 e. The first-order valence-electron chi connectivity index (χ1n) is 8.89. The van der Waals surface area contributed by atoms with Gasteiger partial charge in [-0.05, 0) is 45.7 Å². The van der Waals surface area contributed by atoms with Gasteiger partial charge in [-0.3, -0.25) is 5.32 Å². The molecule has 26 heavy (non-hydrogen) atoms. The van der Waals surface area contributed by atoms with E-state index >= 15 is 0 Å². The Bertz CT molecular complexity index is 913. The van der Waals surface area contributed by atoms with Crippen LogP contribution in [0.2, 0.25) is 0 Å². The van der Waals surface area contributed by atoms with Gasteiger partial charge in [0, 0.05) is 12.6 Å². The minimum Gasteiger partial charge on any atom is -0.315 e. The molecule has 0 bridgehead atoms. The summed E-state index contributed by atoms with van der Waals surface area (Å²) in [5.41, 5.74) is 0.993. The fourth-order valence-electron chi connectivity index (χ4n) is 3.41. The molecule has 8 heteroatoms. The van der Waals surface area contributed by atoms with Gasteiger partial charge in [0.2, 0.25) is 5.95 Å². The number of aromatic nitrogens is 4. The van der Waals surface area contributed by atoms with Crippen LogP contribution in [0.25, 0.3) is 10.2 Å². The lowest BCUT2D eigenvalue weighted by atomic mass is 10.2. The molecule has 0 unspecified atom stereocenters. The van der Waals surface area contributed by atoms with Crippen LogP contribution in [0, 0.1) is 6.92 Å². The second-order valence-corrected chi connectivity index (χ2v) is 7.88. The quantitative estimate of drug-likeness (QED) is 0.751. The van der Waals surface area contributed by atoms with Crippen molar-refractivity contribution in [2.45, 2.75) is 45.7 Å². The van der Waals surface area contributed by atoms with E-state index in [-0.39, 0.29) is 18.1 Å². The summed E-state index contributed by atoms with van der Waals surface area (Å²) in [5, 5.41) is 8.24. The molecule has 1 saturated heterocycles. The van der Waals surface area contributed by atoms with Gasteiger partial charge in [-0.2, -0.15) is 4.98 Å². The lowest BCUT2D eigenvalue weighted by molar-refractivity contribution is 0.207. The summed E-state index contributed by atoms with van der Waals surface area (Å²) in [5.74, 6) is 1.15. The highest BCUT2D eigenvalue weighted by molar-refractivity contribution is 7.18. The van der Waals surface area contributed by atoms with Crippen LogP contribution in [-0.4, -0.2) is 37.2 Å². The molecule has 0 saturated carbocycles. The highest BCUT2D eigenvalue weighted by Gasteiger charge is 2.32. The molecule has 3 aromatic rings. The van der Waals surface area contributed by atoms with Gasteiger partial charge in [0.25, 0.3) is 0 Å². The smallest absolute Gasteiger partial charge is 0.315 e. The summed E-state index contributed by atoms with van der Waals surface area (Å²) >= 11 is 1.66. The number of thiazole rings is 1. The van der Waals surface area contributed by atoms with Crippen molar-refractivity contribution < 1.29 is 4.79 Å². The molecule has 1 N–H and O–H groups in total. The normalized spacial score (nSPS) is 17.4. The second-order valence-electron chi connectivity index (χ2n) is 6.82. The number of para-hydroxylation sites is 1. The first-order chi connectivity index (χ1) is 12.5. The maximum absolute atomic E-state index is 12.8. The summed E-state index contributed by atoms with van der Waals surface area (Å²) < 4.78 is 2.97. The summed E-state index contributed by atoms with van der Waals surface area (Å²) in [6.45, 7) is 6.69. The highest BCUT2D eigenvalue weighted by Crippen LogP contribution is 2.36. The van der Waals surface area contributed by atoms with Gasteiger partial charge in [0.1, 0.15) is 10.8 Å². The van der Waals surface area contributed by atoms with Gasteiger partial charge in [0.15, 0.2) is 0 Å². The number of hydrogen-bond acceptors (Lipinski definition) is 5. The Labute approximate surface area is 156 Å². The van der Waals surface area contributed by atoms with Crippen LogP contribution in [0.4, 0.5) is 10.7 Å². The van der Waals surface area contributed by atoms with Crippen molar-refractivity contribution in [2.75, 3.05) is 11.9 Å². The molecule has 1 aromatic carbocycles. The average molecular weight is 370 g/mol. The summed E-state index contributed by atoms with van der Waals surface area (Å²) in [4.78, 5) is 23.8. The Hall–Kier alpha value is -2.48. The topological polar surface area (TPSA) is 75.9 Å². The van der Waals surface area contributed by atoms with Crippen LogP contribution >= 0.6 is 11.3 Å². The van der Waals surface area contributed by atoms with Crippen LogP contribution in [0.3, 0.4) is 0 Å². The van der Waals surface area contributed by atoms with E-state index in [1.54, 1.807) is 11.3 Å². The van der Waals surface area contributed by atoms with Gasteiger partial charge in [0.05, 0.1) is 16.3 Å². The average Bonchev–Trinajstić information content (AvgIpc) is 3.31. The van der Waals surface area contributed by atoms with Crippen LogP contribution in [0.5, 0.6) is 0 Å². The first-order valence-corrected chi connectivity index (χ1v) is 9.71. The Morgan fingerprint density at radius 2 is 2.12 bits per heavy atom. The fourth-order valence-corrected chi connectivity index (χ4v) is 4.53. The molecule has 2 amide bonds. The number of amides is 2. The molecule has 2 aromatic heterocycles. The fraction of sp³-hybridized carbons (Fsp3) is 0.444. The van der Waals surface area contributed by atoms with Gasteiger partial charge < -0.3 is 4.90 Å². The van der Waals surface area contributed by atoms with Crippen molar-refractivity contribution in [3.63, 3.8) is 0 Å². The zero-order valence-electron chi connectivity index (χ0n) is 15.1. The summed E-state index contributed by atoms with van der Waals surface area (Å²) in [6, 6.07) is 8.15. The van der Waals surface area contributed by atoms with Crippen molar-refractivity contribution in [3.05, 3.63) is 35.1 Å². The largest absolute Gasteiger partial charge is 0.324 e. The Morgan fingerprint density at radius 1 is 1.31 bits per heavy atom. The molecule has 7 nitrogen and oxygen atoms in total. The zero-order valence-corrected chi connectivity index (χ0v) is 16.0. The first kappa shape index (κ1) is 17.0.